The highest BCUT2D eigenvalue weighted by molar-refractivity contribution is 5.95. The summed E-state index contributed by atoms with van der Waals surface area (Å²) in [5, 5.41) is 13.8. The Balaban J connectivity index is 2.53. The molecule has 2 amide bonds. The van der Waals surface area contributed by atoms with Gasteiger partial charge in [0, 0.05) is 6.92 Å². The summed E-state index contributed by atoms with van der Waals surface area (Å²) in [6, 6.07) is -0.973. The topological polar surface area (TPSA) is 122 Å². The van der Waals surface area contributed by atoms with E-state index in [1.54, 1.807) is 13.8 Å². The van der Waals surface area contributed by atoms with Crippen LogP contribution in [0.5, 0.6) is 0 Å². The third kappa shape index (κ3) is 5.19. The molecule has 1 atom stereocenters. The van der Waals surface area contributed by atoms with Gasteiger partial charge < -0.3 is 20.2 Å². The third-order valence-corrected chi connectivity index (χ3v) is 2.86. The van der Waals surface area contributed by atoms with Crippen LogP contribution in [0.3, 0.4) is 0 Å². The maximum atomic E-state index is 11.8. The van der Waals surface area contributed by atoms with Gasteiger partial charge in [-0.25, -0.2) is 9.78 Å². The second-order valence-corrected chi connectivity index (χ2v) is 5.42. The number of amides is 2. The first kappa shape index (κ1) is 17.7. The van der Waals surface area contributed by atoms with Crippen LogP contribution in [0.1, 0.15) is 42.4 Å². The number of aliphatic carboxylic acids is 1. The predicted molar refractivity (Wildman–Crippen MR) is 77.3 cm³/mol. The van der Waals surface area contributed by atoms with E-state index >= 15 is 0 Å². The average Bonchev–Trinajstić information content (AvgIpc) is 2.73. The highest BCUT2D eigenvalue weighted by Crippen LogP contribution is 2.08. The van der Waals surface area contributed by atoms with Gasteiger partial charge in [-0.1, -0.05) is 13.8 Å². The Morgan fingerprint density at radius 1 is 1.27 bits per heavy atom. The summed E-state index contributed by atoms with van der Waals surface area (Å²) in [5.74, 6) is -1.72. The maximum Gasteiger partial charge on any atom is 0.326 e. The number of nitrogens with zero attached hydrogens (tertiary/aromatic N) is 1. The van der Waals surface area contributed by atoms with Crippen molar-refractivity contribution in [3.63, 3.8) is 0 Å². The molecule has 1 heterocycles. The molecule has 0 aliphatic carbocycles. The van der Waals surface area contributed by atoms with Crippen molar-refractivity contribution in [2.75, 3.05) is 6.54 Å². The van der Waals surface area contributed by atoms with Crippen LogP contribution < -0.4 is 10.6 Å². The number of aryl methyl sites for hydroxylation is 2. The minimum Gasteiger partial charge on any atom is -0.480 e. The molecule has 0 aromatic carbocycles. The molecule has 0 aliphatic heterocycles. The van der Waals surface area contributed by atoms with Crippen LogP contribution in [0.15, 0.2) is 4.42 Å². The van der Waals surface area contributed by atoms with E-state index in [1.165, 1.54) is 0 Å². The minimum atomic E-state index is -1.10. The maximum absolute atomic E-state index is 11.8. The van der Waals surface area contributed by atoms with Crippen LogP contribution in [-0.4, -0.2) is 40.5 Å². The molecule has 22 heavy (non-hydrogen) atoms. The smallest absolute Gasteiger partial charge is 0.326 e. The molecule has 0 fully saturated rings. The first-order valence-electron chi connectivity index (χ1n) is 6.95. The van der Waals surface area contributed by atoms with Crippen LogP contribution in [0.25, 0.3) is 0 Å². The molecule has 8 heteroatoms. The van der Waals surface area contributed by atoms with Gasteiger partial charge in [0.05, 0.1) is 12.2 Å². The van der Waals surface area contributed by atoms with Crippen LogP contribution >= 0.6 is 0 Å². The molecule has 0 bridgehead atoms. The van der Waals surface area contributed by atoms with Crippen LogP contribution in [0.2, 0.25) is 0 Å². The van der Waals surface area contributed by atoms with Gasteiger partial charge in [-0.3, -0.25) is 9.59 Å². The fraction of sp³-hybridized carbons (Fsp3) is 0.571. The zero-order valence-corrected chi connectivity index (χ0v) is 13.1. The van der Waals surface area contributed by atoms with Crippen molar-refractivity contribution < 1.29 is 23.9 Å². The molecule has 1 aromatic heterocycles. The van der Waals surface area contributed by atoms with E-state index in [2.05, 4.69) is 15.6 Å². The fourth-order valence-electron chi connectivity index (χ4n) is 1.92. The number of carboxylic acids is 1. The van der Waals surface area contributed by atoms with Gasteiger partial charge in [0.25, 0.3) is 5.91 Å². The summed E-state index contributed by atoms with van der Waals surface area (Å²) >= 11 is 0. The zero-order chi connectivity index (χ0) is 16.9. The predicted octanol–water partition coefficient (Wildman–Crippen LogP) is 0.637. The Kier molecular flexibility index (Phi) is 6.09. The van der Waals surface area contributed by atoms with Crippen molar-refractivity contribution in [2.24, 2.45) is 5.92 Å². The number of carbonyl (C=O) groups is 3. The molecule has 1 aromatic rings. The number of oxazole rings is 1. The lowest BCUT2D eigenvalue weighted by atomic mass is 10.0. The molecule has 0 radical (unpaired) electrons. The van der Waals surface area contributed by atoms with Crippen LogP contribution in [-0.2, 0) is 9.59 Å². The minimum absolute atomic E-state index is 0.0438. The first-order valence-corrected chi connectivity index (χ1v) is 6.95. The van der Waals surface area contributed by atoms with E-state index in [-0.39, 0.29) is 18.2 Å². The van der Waals surface area contributed by atoms with Crippen molar-refractivity contribution in [2.45, 2.75) is 40.2 Å². The monoisotopic (exact) mass is 311 g/mol. The first-order chi connectivity index (χ1) is 10.2. The Bertz CT molecular complexity index is 565. The van der Waals surface area contributed by atoms with Gasteiger partial charge >= 0.3 is 5.97 Å². The van der Waals surface area contributed by atoms with E-state index in [9.17, 15) is 14.4 Å². The number of hydrogen-bond donors (Lipinski definition) is 3. The van der Waals surface area contributed by atoms with Gasteiger partial charge in [-0.2, -0.15) is 0 Å². The molecule has 0 spiro atoms. The van der Waals surface area contributed by atoms with Gasteiger partial charge in [0.1, 0.15) is 6.04 Å². The summed E-state index contributed by atoms with van der Waals surface area (Å²) in [5.41, 5.74) is 0.429. The SMILES string of the molecule is Cc1nc(C)c(C(=O)NCC(=O)N[C@@H](CC(C)C)C(=O)O)o1. The Morgan fingerprint density at radius 2 is 1.91 bits per heavy atom. The lowest BCUT2D eigenvalue weighted by Crippen LogP contribution is -2.46. The highest BCUT2D eigenvalue weighted by Gasteiger charge is 2.22. The largest absolute Gasteiger partial charge is 0.480 e. The molecule has 122 valence electrons. The van der Waals surface area contributed by atoms with Gasteiger partial charge in [0.2, 0.25) is 11.7 Å². The lowest BCUT2D eigenvalue weighted by molar-refractivity contribution is -0.142. The van der Waals surface area contributed by atoms with Crippen LogP contribution in [0, 0.1) is 19.8 Å². The molecular weight excluding hydrogens is 290 g/mol. The van der Waals surface area contributed by atoms with Gasteiger partial charge in [0.15, 0.2) is 5.89 Å². The molecule has 0 saturated carbocycles. The van der Waals surface area contributed by atoms with Crippen molar-refractivity contribution in [1.29, 1.82) is 0 Å². The molecule has 8 nitrogen and oxygen atoms in total. The standard InChI is InChI=1S/C14H21N3O5/c1-7(2)5-10(14(20)21)17-11(18)6-15-13(19)12-8(3)16-9(4)22-12/h7,10H,5-6H2,1-4H3,(H,15,19)(H,17,18)(H,20,21)/t10-/m0/s1. The summed E-state index contributed by atoms with van der Waals surface area (Å²) in [6.07, 6.45) is 0.315. The third-order valence-electron chi connectivity index (χ3n) is 2.86. The Morgan fingerprint density at radius 3 is 2.36 bits per heavy atom. The Hall–Kier alpha value is -2.38. The normalized spacial score (nSPS) is 12.0. The summed E-state index contributed by atoms with van der Waals surface area (Å²) in [4.78, 5) is 38.6. The molecular formula is C14H21N3O5. The zero-order valence-electron chi connectivity index (χ0n) is 13.1. The van der Waals surface area contributed by atoms with Crippen molar-refractivity contribution in [3.05, 3.63) is 17.3 Å². The van der Waals surface area contributed by atoms with Crippen LogP contribution in [0.4, 0.5) is 0 Å². The van der Waals surface area contributed by atoms with Crippen molar-refractivity contribution in [1.82, 2.24) is 15.6 Å². The molecule has 1 rings (SSSR count). The number of hydrogen-bond acceptors (Lipinski definition) is 5. The number of rotatable bonds is 7. The summed E-state index contributed by atoms with van der Waals surface area (Å²) in [6.45, 7) is 6.62. The molecule has 0 unspecified atom stereocenters. The van der Waals surface area contributed by atoms with E-state index in [0.717, 1.165) is 0 Å². The second kappa shape index (κ2) is 7.58. The molecule has 3 N–H and O–H groups in total. The lowest BCUT2D eigenvalue weighted by Gasteiger charge is -2.16. The molecule has 0 aliphatic rings. The number of carbonyl (C=O) groups excluding carboxylic acids is 2. The van der Waals surface area contributed by atoms with E-state index < -0.39 is 23.8 Å². The van der Waals surface area contributed by atoms with Crippen molar-refractivity contribution >= 4 is 17.8 Å². The summed E-state index contributed by atoms with van der Waals surface area (Å²) in [7, 11) is 0. The van der Waals surface area contributed by atoms with Crippen molar-refractivity contribution in [3.8, 4) is 0 Å². The van der Waals surface area contributed by atoms with E-state index in [1.807, 2.05) is 13.8 Å². The number of nitrogens with one attached hydrogen (secondary N) is 2. The molecule has 0 saturated heterocycles. The van der Waals surface area contributed by atoms with E-state index in [0.29, 0.717) is 18.0 Å². The average molecular weight is 311 g/mol. The van der Waals surface area contributed by atoms with Gasteiger partial charge in [-0.15, -0.1) is 0 Å². The number of aromatic nitrogens is 1. The number of carboxylic acid groups (broad SMARTS) is 1. The highest BCUT2D eigenvalue weighted by atomic mass is 16.4. The quantitative estimate of drug-likeness (QED) is 0.679. The summed E-state index contributed by atoms with van der Waals surface area (Å²) < 4.78 is 5.13. The van der Waals surface area contributed by atoms with Gasteiger partial charge in [-0.05, 0) is 19.3 Å². The van der Waals surface area contributed by atoms with E-state index in [4.69, 9.17) is 9.52 Å². The Labute approximate surface area is 128 Å². The fourth-order valence-corrected chi connectivity index (χ4v) is 1.92. The second-order valence-electron chi connectivity index (χ2n) is 5.42.